The standard InChI is InChI=1S/C26H37N3O/c1-20-8-6-9-22(14-20)18-27-12-7-13-28-26(30)24-16-21(2)15-23(17-24)19-29-25-10-4-3-5-11-25/h6,8-9,14-17,25,27,29H,3-5,7,10-13,18-19H2,1-2H3,(H,28,30). The van der Waals surface area contributed by atoms with E-state index >= 15 is 0 Å². The maximum absolute atomic E-state index is 12.6. The summed E-state index contributed by atoms with van der Waals surface area (Å²) in [5.74, 6) is 0.0244. The van der Waals surface area contributed by atoms with Crippen LogP contribution in [0.15, 0.2) is 42.5 Å². The van der Waals surface area contributed by atoms with Gasteiger partial charge in [-0.1, -0.05) is 60.7 Å². The first-order valence-electron chi connectivity index (χ1n) is 11.5. The Balaban J connectivity index is 1.38. The molecule has 4 heteroatoms. The summed E-state index contributed by atoms with van der Waals surface area (Å²) < 4.78 is 0. The van der Waals surface area contributed by atoms with Gasteiger partial charge in [-0.05, 0) is 62.9 Å². The van der Waals surface area contributed by atoms with Crippen molar-refractivity contribution < 1.29 is 4.79 Å². The molecule has 1 saturated carbocycles. The van der Waals surface area contributed by atoms with Gasteiger partial charge < -0.3 is 16.0 Å². The third-order valence-corrected chi connectivity index (χ3v) is 5.83. The lowest BCUT2D eigenvalue weighted by molar-refractivity contribution is 0.0953. The van der Waals surface area contributed by atoms with Crippen molar-refractivity contribution in [1.29, 1.82) is 0 Å². The van der Waals surface area contributed by atoms with E-state index in [0.29, 0.717) is 12.6 Å². The third-order valence-electron chi connectivity index (χ3n) is 5.83. The van der Waals surface area contributed by atoms with Crippen LogP contribution in [0.5, 0.6) is 0 Å². The fraction of sp³-hybridized carbons (Fsp3) is 0.500. The summed E-state index contributed by atoms with van der Waals surface area (Å²) in [5.41, 5.74) is 5.69. The molecule has 0 aliphatic heterocycles. The van der Waals surface area contributed by atoms with E-state index in [1.165, 1.54) is 48.8 Å². The fourth-order valence-electron chi connectivity index (χ4n) is 4.24. The summed E-state index contributed by atoms with van der Waals surface area (Å²) in [4.78, 5) is 12.6. The van der Waals surface area contributed by atoms with E-state index in [2.05, 4.69) is 60.1 Å². The molecule has 0 saturated heterocycles. The van der Waals surface area contributed by atoms with Crippen molar-refractivity contribution in [3.05, 3.63) is 70.3 Å². The summed E-state index contributed by atoms with van der Waals surface area (Å²) in [6.07, 6.45) is 7.50. The minimum absolute atomic E-state index is 0.0244. The second-order valence-electron chi connectivity index (χ2n) is 8.70. The summed E-state index contributed by atoms with van der Waals surface area (Å²) in [7, 11) is 0. The van der Waals surface area contributed by atoms with E-state index < -0.39 is 0 Å². The predicted octanol–water partition coefficient (Wildman–Crippen LogP) is 4.64. The van der Waals surface area contributed by atoms with E-state index in [1.807, 2.05) is 12.1 Å². The first kappa shape index (κ1) is 22.5. The van der Waals surface area contributed by atoms with Crippen LogP contribution in [0.3, 0.4) is 0 Å². The van der Waals surface area contributed by atoms with E-state index in [-0.39, 0.29) is 5.91 Å². The number of amides is 1. The monoisotopic (exact) mass is 407 g/mol. The van der Waals surface area contributed by atoms with Crippen LogP contribution < -0.4 is 16.0 Å². The molecule has 4 nitrogen and oxygen atoms in total. The SMILES string of the molecule is Cc1cccc(CNCCCNC(=O)c2cc(C)cc(CNC3CCCCC3)c2)c1. The number of nitrogens with one attached hydrogen (secondary N) is 3. The van der Waals surface area contributed by atoms with Gasteiger partial charge in [0.2, 0.25) is 0 Å². The first-order chi connectivity index (χ1) is 14.6. The van der Waals surface area contributed by atoms with E-state index in [9.17, 15) is 4.79 Å². The topological polar surface area (TPSA) is 53.2 Å². The molecule has 0 heterocycles. The minimum Gasteiger partial charge on any atom is -0.352 e. The van der Waals surface area contributed by atoms with Crippen molar-refractivity contribution in [1.82, 2.24) is 16.0 Å². The van der Waals surface area contributed by atoms with Gasteiger partial charge in [0.15, 0.2) is 0 Å². The van der Waals surface area contributed by atoms with Gasteiger partial charge in [0.25, 0.3) is 5.91 Å². The zero-order valence-electron chi connectivity index (χ0n) is 18.6. The zero-order chi connectivity index (χ0) is 21.2. The molecule has 0 radical (unpaired) electrons. The van der Waals surface area contributed by atoms with Gasteiger partial charge in [-0.15, -0.1) is 0 Å². The molecule has 3 N–H and O–H groups in total. The van der Waals surface area contributed by atoms with Gasteiger partial charge in [0, 0.05) is 31.2 Å². The molecule has 2 aromatic carbocycles. The lowest BCUT2D eigenvalue weighted by atomic mass is 9.95. The van der Waals surface area contributed by atoms with Crippen LogP contribution in [0.25, 0.3) is 0 Å². The molecule has 0 atom stereocenters. The van der Waals surface area contributed by atoms with Crippen LogP contribution in [0.1, 0.15) is 71.1 Å². The quantitative estimate of drug-likeness (QED) is 0.503. The molecule has 0 spiro atoms. The number of aryl methyl sites for hydroxylation is 2. The number of carbonyl (C=O) groups is 1. The highest BCUT2D eigenvalue weighted by Crippen LogP contribution is 2.18. The van der Waals surface area contributed by atoms with Gasteiger partial charge in [0.05, 0.1) is 0 Å². The minimum atomic E-state index is 0.0244. The Morgan fingerprint density at radius 1 is 0.900 bits per heavy atom. The largest absolute Gasteiger partial charge is 0.352 e. The van der Waals surface area contributed by atoms with Crippen LogP contribution in [0, 0.1) is 13.8 Å². The molecular weight excluding hydrogens is 370 g/mol. The second kappa shape index (κ2) is 11.9. The van der Waals surface area contributed by atoms with Crippen molar-refractivity contribution >= 4 is 5.91 Å². The summed E-state index contributed by atoms with van der Waals surface area (Å²) in [5, 5.41) is 10.2. The van der Waals surface area contributed by atoms with Crippen molar-refractivity contribution in [2.24, 2.45) is 0 Å². The molecule has 162 valence electrons. The number of carbonyl (C=O) groups excluding carboxylic acids is 1. The molecule has 1 aliphatic carbocycles. The molecule has 2 aromatic rings. The Hall–Kier alpha value is -2.17. The number of benzene rings is 2. The highest BCUT2D eigenvalue weighted by molar-refractivity contribution is 5.94. The van der Waals surface area contributed by atoms with Crippen molar-refractivity contribution in [3.8, 4) is 0 Å². The smallest absolute Gasteiger partial charge is 0.251 e. The van der Waals surface area contributed by atoms with Crippen LogP contribution in [0.2, 0.25) is 0 Å². The third kappa shape index (κ3) is 7.58. The number of hydrogen-bond acceptors (Lipinski definition) is 3. The normalized spacial score (nSPS) is 14.6. The van der Waals surface area contributed by atoms with Crippen LogP contribution in [0.4, 0.5) is 0 Å². The highest BCUT2D eigenvalue weighted by Gasteiger charge is 2.13. The Labute approximate surface area is 181 Å². The van der Waals surface area contributed by atoms with Gasteiger partial charge in [-0.2, -0.15) is 0 Å². The maximum atomic E-state index is 12.6. The molecule has 1 fully saturated rings. The van der Waals surface area contributed by atoms with Gasteiger partial charge >= 0.3 is 0 Å². The molecule has 3 rings (SSSR count). The second-order valence-corrected chi connectivity index (χ2v) is 8.70. The maximum Gasteiger partial charge on any atom is 0.251 e. The van der Waals surface area contributed by atoms with Crippen LogP contribution in [-0.4, -0.2) is 25.0 Å². The van der Waals surface area contributed by atoms with Crippen molar-refractivity contribution in [2.45, 2.75) is 71.5 Å². The number of hydrogen-bond donors (Lipinski definition) is 3. The lowest BCUT2D eigenvalue weighted by Gasteiger charge is -2.23. The molecular formula is C26H37N3O. The van der Waals surface area contributed by atoms with Crippen molar-refractivity contribution in [2.75, 3.05) is 13.1 Å². The molecule has 0 unspecified atom stereocenters. The molecule has 0 aromatic heterocycles. The molecule has 1 amide bonds. The Morgan fingerprint density at radius 2 is 1.70 bits per heavy atom. The molecule has 1 aliphatic rings. The van der Waals surface area contributed by atoms with Crippen LogP contribution >= 0.6 is 0 Å². The van der Waals surface area contributed by atoms with Gasteiger partial charge in [0.1, 0.15) is 0 Å². The Morgan fingerprint density at radius 3 is 2.50 bits per heavy atom. The van der Waals surface area contributed by atoms with Gasteiger partial charge in [-0.3, -0.25) is 4.79 Å². The first-order valence-corrected chi connectivity index (χ1v) is 11.5. The van der Waals surface area contributed by atoms with Crippen molar-refractivity contribution in [3.63, 3.8) is 0 Å². The molecule has 0 bridgehead atoms. The van der Waals surface area contributed by atoms with E-state index in [1.54, 1.807) is 0 Å². The average Bonchev–Trinajstić information content (AvgIpc) is 2.75. The predicted molar refractivity (Wildman–Crippen MR) is 125 cm³/mol. The van der Waals surface area contributed by atoms with E-state index in [4.69, 9.17) is 0 Å². The van der Waals surface area contributed by atoms with Crippen LogP contribution in [-0.2, 0) is 13.1 Å². The lowest BCUT2D eigenvalue weighted by Crippen LogP contribution is -2.30. The highest BCUT2D eigenvalue weighted by atomic mass is 16.1. The van der Waals surface area contributed by atoms with Gasteiger partial charge in [-0.25, -0.2) is 0 Å². The summed E-state index contributed by atoms with van der Waals surface area (Å²) >= 11 is 0. The fourth-order valence-corrected chi connectivity index (χ4v) is 4.24. The molecule has 30 heavy (non-hydrogen) atoms. The average molecular weight is 408 g/mol. The zero-order valence-corrected chi connectivity index (χ0v) is 18.6. The van der Waals surface area contributed by atoms with E-state index in [0.717, 1.165) is 37.2 Å². The number of rotatable bonds is 10. The summed E-state index contributed by atoms with van der Waals surface area (Å²) in [6.45, 7) is 7.46. The Bertz CT molecular complexity index is 812. The summed E-state index contributed by atoms with van der Waals surface area (Å²) in [6, 6.07) is 15.4. The Kier molecular flexibility index (Phi) is 8.91.